The van der Waals surface area contributed by atoms with Gasteiger partial charge in [0, 0.05) is 17.6 Å². The van der Waals surface area contributed by atoms with Gasteiger partial charge in [-0.1, -0.05) is 0 Å². The predicted molar refractivity (Wildman–Crippen MR) is 68.7 cm³/mol. The maximum Gasteiger partial charge on any atom is 0.190 e. The standard InChI is InChI=1S/C9H8FIN4S/c1-15-9(13-4-14-15)16-8-2-5(10)6(11)3-7(8)12/h2-4H,12H2,1H3. The normalized spacial score (nSPS) is 10.7. The number of anilines is 1. The van der Waals surface area contributed by atoms with E-state index in [-0.39, 0.29) is 5.82 Å². The zero-order valence-corrected chi connectivity index (χ0v) is 11.3. The minimum atomic E-state index is -0.278. The van der Waals surface area contributed by atoms with Crippen LogP contribution in [0.5, 0.6) is 0 Å². The first-order chi connectivity index (χ1) is 7.58. The molecule has 2 aromatic rings. The van der Waals surface area contributed by atoms with Crippen molar-refractivity contribution in [3.8, 4) is 0 Å². The number of halogens is 2. The topological polar surface area (TPSA) is 56.7 Å². The average molecular weight is 350 g/mol. The van der Waals surface area contributed by atoms with E-state index in [4.69, 9.17) is 5.73 Å². The lowest BCUT2D eigenvalue weighted by Gasteiger charge is -2.05. The van der Waals surface area contributed by atoms with E-state index in [0.29, 0.717) is 19.3 Å². The fourth-order valence-electron chi connectivity index (χ4n) is 1.11. The zero-order valence-electron chi connectivity index (χ0n) is 8.32. The van der Waals surface area contributed by atoms with E-state index >= 15 is 0 Å². The van der Waals surface area contributed by atoms with Gasteiger partial charge >= 0.3 is 0 Å². The highest BCUT2D eigenvalue weighted by Crippen LogP contribution is 2.32. The second-order valence-corrected chi connectivity index (χ2v) is 5.24. The number of aromatic nitrogens is 3. The Hall–Kier alpha value is -0.830. The molecule has 0 bridgehead atoms. The fraction of sp³-hybridized carbons (Fsp3) is 0.111. The first kappa shape index (κ1) is 11.6. The van der Waals surface area contributed by atoms with Crippen molar-refractivity contribution in [2.45, 2.75) is 10.1 Å². The summed E-state index contributed by atoms with van der Waals surface area (Å²) >= 11 is 3.20. The molecule has 1 heterocycles. The van der Waals surface area contributed by atoms with E-state index in [1.807, 2.05) is 22.6 Å². The number of hydrogen-bond acceptors (Lipinski definition) is 4. The van der Waals surface area contributed by atoms with Crippen LogP contribution in [0.4, 0.5) is 10.1 Å². The number of hydrogen-bond donors (Lipinski definition) is 1. The maximum atomic E-state index is 13.4. The Kier molecular flexibility index (Phi) is 3.33. The zero-order chi connectivity index (χ0) is 11.7. The van der Waals surface area contributed by atoms with Gasteiger partial charge in [-0.3, -0.25) is 0 Å². The molecule has 7 heteroatoms. The van der Waals surface area contributed by atoms with Crippen LogP contribution in [0.25, 0.3) is 0 Å². The number of nitrogens with zero attached hydrogens (tertiary/aromatic N) is 3. The van der Waals surface area contributed by atoms with E-state index in [2.05, 4.69) is 10.1 Å². The van der Waals surface area contributed by atoms with Gasteiger partial charge in [-0.2, -0.15) is 5.10 Å². The lowest BCUT2D eigenvalue weighted by Crippen LogP contribution is -1.96. The highest BCUT2D eigenvalue weighted by molar-refractivity contribution is 14.1. The molecule has 0 aliphatic carbocycles. The molecule has 1 aromatic carbocycles. The molecule has 84 valence electrons. The Balaban J connectivity index is 2.35. The van der Waals surface area contributed by atoms with Gasteiger partial charge in [0.25, 0.3) is 0 Å². The summed E-state index contributed by atoms with van der Waals surface area (Å²) in [6, 6.07) is 3.02. The molecule has 0 saturated carbocycles. The Bertz CT molecular complexity index is 528. The quantitative estimate of drug-likeness (QED) is 0.667. The van der Waals surface area contributed by atoms with Crippen LogP contribution in [0.1, 0.15) is 0 Å². The molecule has 4 nitrogen and oxygen atoms in total. The van der Waals surface area contributed by atoms with E-state index in [1.165, 1.54) is 24.2 Å². The summed E-state index contributed by atoms with van der Waals surface area (Å²) in [4.78, 5) is 4.69. The average Bonchev–Trinajstić information content (AvgIpc) is 2.61. The number of nitrogen functional groups attached to an aromatic ring is 1. The van der Waals surface area contributed by atoms with Crippen molar-refractivity contribution >= 4 is 40.0 Å². The third kappa shape index (κ3) is 2.29. The van der Waals surface area contributed by atoms with Gasteiger partial charge in [0.1, 0.15) is 12.1 Å². The van der Waals surface area contributed by atoms with Gasteiger partial charge in [0.05, 0.1) is 3.57 Å². The number of benzene rings is 1. The summed E-state index contributed by atoms with van der Waals surface area (Å²) in [6.45, 7) is 0. The first-order valence-electron chi connectivity index (χ1n) is 4.34. The number of rotatable bonds is 2. The van der Waals surface area contributed by atoms with Crippen molar-refractivity contribution in [1.82, 2.24) is 14.8 Å². The Morgan fingerprint density at radius 3 is 2.88 bits per heavy atom. The van der Waals surface area contributed by atoms with Crippen LogP contribution in [0.2, 0.25) is 0 Å². The van der Waals surface area contributed by atoms with E-state index < -0.39 is 0 Å². The van der Waals surface area contributed by atoms with Gasteiger partial charge in [-0.05, 0) is 46.5 Å². The SMILES string of the molecule is Cn1ncnc1Sc1cc(F)c(I)cc1N. The van der Waals surface area contributed by atoms with Crippen molar-refractivity contribution in [1.29, 1.82) is 0 Å². The summed E-state index contributed by atoms with van der Waals surface area (Å²) in [7, 11) is 1.77. The van der Waals surface area contributed by atoms with Gasteiger partial charge in [-0.15, -0.1) is 0 Å². The molecule has 2 N–H and O–H groups in total. The van der Waals surface area contributed by atoms with Crippen LogP contribution >= 0.6 is 34.4 Å². The highest BCUT2D eigenvalue weighted by Gasteiger charge is 2.10. The highest BCUT2D eigenvalue weighted by atomic mass is 127. The molecule has 0 radical (unpaired) electrons. The molecular weight excluding hydrogens is 342 g/mol. The summed E-state index contributed by atoms with van der Waals surface area (Å²) in [6.07, 6.45) is 1.45. The maximum absolute atomic E-state index is 13.4. The second-order valence-electron chi connectivity index (χ2n) is 3.07. The van der Waals surface area contributed by atoms with E-state index in [0.717, 1.165) is 0 Å². The third-order valence-corrected chi connectivity index (χ3v) is 3.88. The van der Waals surface area contributed by atoms with Crippen LogP contribution < -0.4 is 5.73 Å². The molecule has 0 fully saturated rings. The van der Waals surface area contributed by atoms with Crippen molar-refractivity contribution in [2.75, 3.05) is 5.73 Å². The van der Waals surface area contributed by atoms with E-state index in [9.17, 15) is 4.39 Å². The van der Waals surface area contributed by atoms with Gasteiger partial charge in [-0.25, -0.2) is 14.1 Å². The Labute approximate surface area is 110 Å². The molecule has 0 unspecified atom stereocenters. The molecule has 0 saturated heterocycles. The smallest absolute Gasteiger partial charge is 0.190 e. The predicted octanol–water partition coefficient (Wildman–Crippen LogP) is 2.29. The molecule has 0 aliphatic rings. The summed E-state index contributed by atoms with van der Waals surface area (Å²) in [5.74, 6) is -0.278. The molecule has 1 aromatic heterocycles. The molecule has 0 spiro atoms. The lowest BCUT2D eigenvalue weighted by atomic mass is 10.3. The van der Waals surface area contributed by atoms with Crippen LogP contribution in [0.3, 0.4) is 0 Å². The number of nitrogens with two attached hydrogens (primary N) is 1. The van der Waals surface area contributed by atoms with Crippen LogP contribution in [-0.2, 0) is 7.05 Å². The molecule has 0 aliphatic heterocycles. The summed E-state index contributed by atoms with van der Waals surface area (Å²) < 4.78 is 15.5. The Morgan fingerprint density at radius 1 is 1.50 bits per heavy atom. The van der Waals surface area contributed by atoms with E-state index in [1.54, 1.807) is 17.8 Å². The third-order valence-electron chi connectivity index (χ3n) is 1.92. The number of aryl methyl sites for hydroxylation is 1. The first-order valence-corrected chi connectivity index (χ1v) is 6.24. The van der Waals surface area contributed by atoms with Gasteiger partial charge in [0.15, 0.2) is 5.16 Å². The molecule has 0 amide bonds. The minimum Gasteiger partial charge on any atom is -0.398 e. The molecular formula is C9H8FIN4S. The molecule has 16 heavy (non-hydrogen) atoms. The van der Waals surface area contributed by atoms with Crippen molar-refractivity contribution < 1.29 is 4.39 Å². The van der Waals surface area contributed by atoms with Crippen molar-refractivity contribution in [3.05, 3.63) is 27.8 Å². The van der Waals surface area contributed by atoms with Crippen LogP contribution in [-0.4, -0.2) is 14.8 Å². The van der Waals surface area contributed by atoms with Crippen LogP contribution in [0.15, 0.2) is 28.5 Å². The minimum absolute atomic E-state index is 0.278. The molecule has 2 rings (SSSR count). The van der Waals surface area contributed by atoms with Crippen molar-refractivity contribution in [3.63, 3.8) is 0 Å². The monoisotopic (exact) mass is 350 g/mol. The van der Waals surface area contributed by atoms with Crippen LogP contribution in [0, 0.1) is 9.39 Å². The summed E-state index contributed by atoms with van der Waals surface area (Å²) in [5, 5.41) is 4.60. The lowest BCUT2D eigenvalue weighted by molar-refractivity contribution is 0.617. The largest absolute Gasteiger partial charge is 0.398 e. The molecule has 0 atom stereocenters. The fourth-order valence-corrected chi connectivity index (χ4v) is 2.41. The summed E-state index contributed by atoms with van der Waals surface area (Å²) in [5.41, 5.74) is 6.35. The van der Waals surface area contributed by atoms with Gasteiger partial charge < -0.3 is 5.73 Å². The Morgan fingerprint density at radius 2 is 2.25 bits per heavy atom. The van der Waals surface area contributed by atoms with Crippen molar-refractivity contribution in [2.24, 2.45) is 7.05 Å². The van der Waals surface area contributed by atoms with Gasteiger partial charge in [0.2, 0.25) is 0 Å². The second kappa shape index (κ2) is 4.58.